The summed E-state index contributed by atoms with van der Waals surface area (Å²) in [5.41, 5.74) is 6.85. The molecule has 2 aliphatic heterocycles. The lowest BCUT2D eigenvalue weighted by Gasteiger charge is -2.49. The SMILES string of the molecule is C[n+]1cc2scc(C=CC3=C(C(=O)O)N4C(=O)[C@@H](NC(=O)/C(=N\OC5CCCC5)c5nsc(N)n5)[C@H]4SC3)n2c1. The molecule has 208 valence electrons. The Kier molecular flexibility index (Phi) is 7.06. The maximum Gasteiger partial charge on any atom is 0.352 e. The van der Waals surface area contributed by atoms with Crippen LogP contribution in [0.3, 0.4) is 0 Å². The summed E-state index contributed by atoms with van der Waals surface area (Å²) in [6, 6.07) is -0.943. The van der Waals surface area contributed by atoms with Crippen molar-refractivity contribution in [3.8, 4) is 0 Å². The van der Waals surface area contributed by atoms with E-state index in [-0.39, 0.29) is 28.5 Å². The number of amides is 2. The molecule has 3 aromatic rings. The smallest absolute Gasteiger partial charge is 0.352 e. The van der Waals surface area contributed by atoms with Gasteiger partial charge < -0.3 is 21.0 Å². The number of anilines is 1. The van der Waals surface area contributed by atoms with E-state index >= 15 is 0 Å². The van der Waals surface area contributed by atoms with E-state index in [0.717, 1.165) is 47.7 Å². The summed E-state index contributed by atoms with van der Waals surface area (Å²) < 4.78 is 8.02. The average Bonchev–Trinajstić information content (AvgIpc) is 3.73. The van der Waals surface area contributed by atoms with Crippen LogP contribution in [-0.2, 0) is 26.3 Å². The Morgan fingerprint density at radius 2 is 2.12 bits per heavy atom. The van der Waals surface area contributed by atoms with Crippen LogP contribution >= 0.6 is 34.6 Å². The van der Waals surface area contributed by atoms with Crippen LogP contribution in [0, 0.1) is 0 Å². The average molecular weight is 602 g/mol. The zero-order valence-corrected chi connectivity index (χ0v) is 23.7. The number of aromatic nitrogens is 4. The molecule has 16 heteroatoms. The fraction of sp³-hybridized carbons (Fsp3) is 0.375. The first-order chi connectivity index (χ1) is 19.3. The minimum Gasteiger partial charge on any atom is -0.477 e. The topological polar surface area (TPSA) is 168 Å². The standard InChI is InChI=1S/C24H24N8O5S3/c1-30-8-15-31(11-30)13(10-38-15)7-6-12-9-39-22-17(21(34)32(22)18(12)23(35)36)26-20(33)16(19-27-24(25)40-29-19)28-37-14-4-2-3-5-14/h6-8,10-11,14,17,22H,2-5,9H2,1H3,(H3-,25,26,27,29,33,35,36)/p+1/b7-6?,28-16-/t17-,22-/m1/s1. The Morgan fingerprint density at radius 1 is 1.32 bits per heavy atom. The Labute approximate surface area is 240 Å². The highest BCUT2D eigenvalue weighted by Crippen LogP contribution is 2.41. The summed E-state index contributed by atoms with van der Waals surface area (Å²) in [5.74, 6) is -2.06. The molecule has 1 aliphatic carbocycles. The highest BCUT2D eigenvalue weighted by Gasteiger charge is 2.54. The maximum absolute atomic E-state index is 13.2. The van der Waals surface area contributed by atoms with E-state index in [1.165, 1.54) is 16.7 Å². The van der Waals surface area contributed by atoms with E-state index in [1.807, 2.05) is 40.0 Å². The number of nitrogens with zero attached hydrogens (tertiary/aromatic N) is 6. The number of oxime groups is 1. The maximum atomic E-state index is 13.2. The molecular formula is C24H25N8O5S3+. The number of aryl methyl sites for hydroxylation is 1. The van der Waals surface area contributed by atoms with E-state index in [2.05, 4.69) is 19.8 Å². The highest BCUT2D eigenvalue weighted by atomic mass is 32.2. The predicted molar refractivity (Wildman–Crippen MR) is 149 cm³/mol. The first-order valence-electron chi connectivity index (χ1n) is 12.5. The molecule has 1 saturated heterocycles. The van der Waals surface area contributed by atoms with Gasteiger partial charge in [-0.05, 0) is 37.3 Å². The van der Waals surface area contributed by atoms with Gasteiger partial charge in [0.2, 0.25) is 22.7 Å². The van der Waals surface area contributed by atoms with Gasteiger partial charge in [-0.25, -0.2) is 9.36 Å². The third kappa shape index (κ3) is 4.86. The fourth-order valence-corrected chi connectivity index (χ4v) is 7.57. The van der Waals surface area contributed by atoms with Crippen molar-refractivity contribution in [1.82, 2.24) is 24.0 Å². The number of carboxylic acid groups (broad SMARTS) is 1. The first kappa shape index (κ1) is 26.5. The van der Waals surface area contributed by atoms with Crippen molar-refractivity contribution < 1.29 is 28.9 Å². The first-order valence-corrected chi connectivity index (χ1v) is 15.2. The number of carbonyl (C=O) groups is 3. The lowest BCUT2D eigenvalue weighted by Crippen LogP contribution is -2.71. The molecular weight excluding hydrogens is 577 g/mol. The Bertz CT molecular complexity index is 1600. The minimum absolute atomic E-state index is 0.00953. The van der Waals surface area contributed by atoms with E-state index in [1.54, 1.807) is 17.4 Å². The van der Waals surface area contributed by atoms with E-state index < -0.39 is 29.2 Å². The van der Waals surface area contributed by atoms with Crippen LogP contribution < -0.4 is 15.6 Å². The van der Waals surface area contributed by atoms with Gasteiger partial charge in [0.15, 0.2) is 5.13 Å². The van der Waals surface area contributed by atoms with Crippen molar-refractivity contribution in [3.63, 3.8) is 0 Å². The van der Waals surface area contributed by atoms with Gasteiger partial charge in [0.05, 0.1) is 7.05 Å². The molecule has 0 radical (unpaired) electrons. The Morgan fingerprint density at radius 3 is 2.85 bits per heavy atom. The number of fused-ring (bicyclic) bond motifs is 2. The van der Waals surface area contributed by atoms with Gasteiger partial charge in [0, 0.05) is 22.7 Å². The largest absolute Gasteiger partial charge is 0.477 e. The number of allylic oxidation sites excluding steroid dienone is 1. The summed E-state index contributed by atoms with van der Waals surface area (Å²) in [5, 5.41) is 18.3. The molecule has 40 heavy (non-hydrogen) atoms. The lowest BCUT2D eigenvalue weighted by molar-refractivity contribution is -0.669. The molecule has 13 nitrogen and oxygen atoms in total. The zero-order valence-electron chi connectivity index (χ0n) is 21.2. The number of rotatable bonds is 8. The Balaban J connectivity index is 1.20. The second kappa shape index (κ2) is 10.7. The lowest BCUT2D eigenvalue weighted by atomic mass is 10.0. The number of nitrogens with two attached hydrogens (primary N) is 1. The van der Waals surface area contributed by atoms with Crippen molar-refractivity contribution in [1.29, 1.82) is 0 Å². The molecule has 6 rings (SSSR count). The highest BCUT2D eigenvalue weighted by molar-refractivity contribution is 8.00. The predicted octanol–water partition coefficient (Wildman–Crippen LogP) is 1.37. The van der Waals surface area contributed by atoms with E-state index in [0.29, 0.717) is 11.3 Å². The molecule has 0 aromatic carbocycles. The minimum atomic E-state index is -1.21. The number of imidazole rings is 1. The van der Waals surface area contributed by atoms with Crippen molar-refractivity contribution in [2.24, 2.45) is 12.2 Å². The molecule has 4 N–H and O–H groups in total. The molecule has 3 aromatic heterocycles. The molecule has 1 saturated carbocycles. The number of thioether (sulfide) groups is 1. The number of hydrogen-bond donors (Lipinski definition) is 3. The van der Waals surface area contributed by atoms with Gasteiger partial charge in [-0.3, -0.25) is 14.5 Å². The van der Waals surface area contributed by atoms with Crippen LogP contribution in [0.15, 0.2) is 40.4 Å². The van der Waals surface area contributed by atoms with Gasteiger partial charge >= 0.3 is 5.97 Å². The van der Waals surface area contributed by atoms with Gasteiger partial charge in [-0.2, -0.15) is 13.8 Å². The third-order valence-corrected chi connectivity index (χ3v) is 9.58. The van der Waals surface area contributed by atoms with Crippen LogP contribution in [0.5, 0.6) is 0 Å². The third-order valence-electron chi connectivity index (χ3n) is 6.83. The zero-order chi connectivity index (χ0) is 28.0. The van der Waals surface area contributed by atoms with Crippen molar-refractivity contribution in [3.05, 3.63) is 46.8 Å². The van der Waals surface area contributed by atoms with Crippen LogP contribution in [0.2, 0.25) is 0 Å². The second-order valence-electron chi connectivity index (χ2n) is 9.56. The molecule has 0 bridgehead atoms. The van der Waals surface area contributed by atoms with Crippen LogP contribution in [0.25, 0.3) is 10.9 Å². The molecule has 2 atom stereocenters. The summed E-state index contributed by atoms with van der Waals surface area (Å²) >= 11 is 3.87. The Hall–Kier alpha value is -3.76. The fourth-order valence-electron chi connectivity index (χ4n) is 4.89. The molecule has 2 amide bonds. The molecule has 3 aliphatic rings. The quantitative estimate of drug-likeness (QED) is 0.149. The number of nitrogens with one attached hydrogen (secondary N) is 1. The molecule has 5 heterocycles. The van der Waals surface area contributed by atoms with Crippen LogP contribution in [0.1, 0.15) is 37.2 Å². The van der Waals surface area contributed by atoms with Crippen molar-refractivity contribution in [2.75, 3.05) is 11.5 Å². The number of aliphatic carboxylic acids is 1. The van der Waals surface area contributed by atoms with Crippen molar-refractivity contribution >= 4 is 74.2 Å². The molecule has 0 unspecified atom stereocenters. The van der Waals surface area contributed by atoms with E-state index in [9.17, 15) is 19.5 Å². The second-order valence-corrected chi connectivity index (χ2v) is 12.3. The number of carboxylic acids is 1. The monoisotopic (exact) mass is 601 g/mol. The number of hydrogen-bond acceptors (Lipinski definition) is 11. The number of nitrogen functional groups attached to an aromatic ring is 1. The van der Waals surface area contributed by atoms with Gasteiger partial charge in [0.1, 0.15) is 35.1 Å². The van der Waals surface area contributed by atoms with Gasteiger partial charge in [0.25, 0.3) is 11.8 Å². The van der Waals surface area contributed by atoms with Gasteiger partial charge in [-0.15, -0.1) is 11.8 Å². The normalized spacial score (nSPS) is 21.8. The summed E-state index contributed by atoms with van der Waals surface area (Å²) in [6.07, 6.45) is 11.1. The van der Waals surface area contributed by atoms with E-state index in [4.69, 9.17) is 10.6 Å². The van der Waals surface area contributed by atoms with Crippen molar-refractivity contribution in [2.45, 2.75) is 43.2 Å². The summed E-state index contributed by atoms with van der Waals surface area (Å²) in [4.78, 5) is 50.6. The van der Waals surface area contributed by atoms with Crippen LogP contribution in [-0.4, -0.2) is 70.5 Å². The van der Waals surface area contributed by atoms with Gasteiger partial charge in [-0.1, -0.05) is 22.6 Å². The number of thiazole rings is 1. The number of β-lactam (4-membered cyclic amide) rings is 1. The summed E-state index contributed by atoms with van der Waals surface area (Å²) in [6.45, 7) is 0. The van der Waals surface area contributed by atoms with Crippen LogP contribution in [0.4, 0.5) is 5.13 Å². The summed E-state index contributed by atoms with van der Waals surface area (Å²) in [7, 11) is 1.93. The number of carbonyl (C=O) groups excluding carboxylic acids is 2. The molecule has 2 fully saturated rings. The molecule has 0 spiro atoms.